The van der Waals surface area contributed by atoms with Gasteiger partial charge in [0.2, 0.25) is 0 Å². The summed E-state index contributed by atoms with van der Waals surface area (Å²) in [4.78, 5) is 14.6. The summed E-state index contributed by atoms with van der Waals surface area (Å²) in [5.74, 6) is -0.0143. The number of thiol groups is 1. The minimum absolute atomic E-state index is 0.0143. The van der Waals surface area contributed by atoms with E-state index in [0.717, 1.165) is 10.5 Å². The maximum Gasteiger partial charge on any atom is 0.253 e. The van der Waals surface area contributed by atoms with Crippen molar-refractivity contribution in [2.75, 3.05) is 7.05 Å². The Kier molecular flexibility index (Phi) is 3.54. The van der Waals surface area contributed by atoms with Crippen molar-refractivity contribution in [1.29, 1.82) is 0 Å². The van der Waals surface area contributed by atoms with Crippen molar-refractivity contribution >= 4 is 18.5 Å². The first-order chi connectivity index (χ1) is 8.16. The fourth-order valence-corrected chi connectivity index (χ4v) is 1.70. The highest BCUT2D eigenvalue weighted by Crippen LogP contribution is 2.11. The summed E-state index contributed by atoms with van der Waals surface area (Å²) in [7, 11) is 1.77. The second-order valence-electron chi connectivity index (χ2n) is 3.84. The molecule has 1 aromatic carbocycles. The van der Waals surface area contributed by atoms with Gasteiger partial charge in [-0.2, -0.15) is 0 Å². The fourth-order valence-electron chi connectivity index (χ4n) is 1.55. The van der Waals surface area contributed by atoms with Crippen LogP contribution in [-0.4, -0.2) is 17.9 Å². The highest BCUT2D eigenvalue weighted by molar-refractivity contribution is 7.80. The van der Waals surface area contributed by atoms with Gasteiger partial charge in [0, 0.05) is 29.6 Å². The van der Waals surface area contributed by atoms with Gasteiger partial charge in [0.25, 0.3) is 5.91 Å². The van der Waals surface area contributed by atoms with E-state index in [9.17, 15) is 4.79 Å². The molecule has 3 nitrogen and oxygen atoms in total. The van der Waals surface area contributed by atoms with E-state index in [1.54, 1.807) is 36.6 Å². The van der Waals surface area contributed by atoms with Crippen molar-refractivity contribution < 1.29 is 9.21 Å². The molecule has 0 aliphatic rings. The standard InChI is InChI=1S/C13H13NO2S/c1-14(8-10-6-7-16-9-10)13(15)11-2-4-12(17)5-3-11/h2-7,9,17H,8H2,1H3. The highest BCUT2D eigenvalue weighted by atomic mass is 32.1. The summed E-state index contributed by atoms with van der Waals surface area (Å²) >= 11 is 4.19. The third-order valence-electron chi connectivity index (χ3n) is 2.46. The van der Waals surface area contributed by atoms with Gasteiger partial charge in [0.05, 0.1) is 12.5 Å². The lowest BCUT2D eigenvalue weighted by atomic mass is 10.2. The van der Waals surface area contributed by atoms with Crippen LogP contribution in [0.15, 0.2) is 52.2 Å². The van der Waals surface area contributed by atoms with Gasteiger partial charge in [-0.25, -0.2) is 0 Å². The van der Waals surface area contributed by atoms with Gasteiger partial charge < -0.3 is 9.32 Å². The van der Waals surface area contributed by atoms with Crippen molar-refractivity contribution in [3.05, 3.63) is 54.0 Å². The van der Waals surface area contributed by atoms with E-state index < -0.39 is 0 Å². The first kappa shape index (κ1) is 11.8. The van der Waals surface area contributed by atoms with E-state index in [4.69, 9.17) is 4.42 Å². The van der Waals surface area contributed by atoms with Crippen LogP contribution in [-0.2, 0) is 6.54 Å². The summed E-state index contributed by atoms with van der Waals surface area (Å²) < 4.78 is 4.97. The molecule has 2 aromatic rings. The van der Waals surface area contributed by atoms with Gasteiger partial charge in [-0.1, -0.05) is 0 Å². The quantitative estimate of drug-likeness (QED) is 0.846. The Morgan fingerprint density at radius 3 is 2.59 bits per heavy atom. The van der Waals surface area contributed by atoms with Crippen LogP contribution in [0.4, 0.5) is 0 Å². The van der Waals surface area contributed by atoms with Crippen LogP contribution >= 0.6 is 12.6 Å². The zero-order valence-electron chi connectivity index (χ0n) is 9.46. The molecule has 1 amide bonds. The molecule has 0 fully saturated rings. The van der Waals surface area contributed by atoms with Crippen molar-refractivity contribution in [2.45, 2.75) is 11.4 Å². The van der Waals surface area contributed by atoms with E-state index in [1.807, 2.05) is 18.2 Å². The van der Waals surface area contributed by atoms with Gasteiger partial charge in [0.15, 0.2) is 0 Å². The van der Waals surface area contributed by atoms with Gasteiger partial charge in [-0.3, -0.25) is 4.79 Å². The predicted octanol–water partition coefficient (Wildman–Crippen LogP) is 2.84. The second-order valence-corrected chi connectivity index (χ2v) is 4.36. The Morgan fingerprint density at radius 2 is 2.00 bits per heavy atom. The third kappa shape index (κ3) is 2.91. The van der Waals surface area contributed by atoms with Crippen LogP contribution in [0.5, 0.6) is 0 Å². The molecule has 0 saturated heterocycles. The van der Waals surface area contributed by atoms with E-state index in [1.165, 1.54) is 0 Å². The van der Waals surface area contributed by atoms with Gasteiger partial charge >= 0.3 is 0 Å². The zero-order valence-corrected chi connectivity index (χ0v) is 10.4. The molecule has 1 aromatic heterocycles. The molecular formula is C13H13NO2S. The maximum absolute atomic E-state index is 12.1. The van der Waals surface area contributed by atoms with Gasteiger partial charge in [-0.05, 0) is 30.3 Å². The summed E-state index contributed by atoms with van der Waals surface area (Å²) in [6.45, 7) is 0.540. The van der Waals surface area contributed by atoms with Crippen molar-refractivity contribution in [1.82, 2.24) is 4.90 Å². The van der Waals surface area contributed by atoms with Gasteiger partial charge in [0.1, 0.15) is 0 Å². The number of carbonyl (C=O) groups excluding carboxylic acids is 1. The molecule has 1 heterocycles. The molecule has 0 aliphatic heterocycles. The minimum Gasteiger partial charge on any atom is -0.472 e. The molecule has 0 radical (unpaired) electrons. The smallest absolute Gasteiger partial charge is 0.253 e. The van der Waals surface area contributed by atoms with Crippen LogP contribution in [0.2, 0.25) is 0 Å². The number of benzene rings is 1. The molecule has 0 unspecified atom stereocenters. The SMILES string of the molecule is CN(Cc1ccoc1)C(=O)c1ccc(S)cc1. The molecule has 0 aliphatic carbocycles. The lowest BCUT2D eigenvalue weighted by molar-refractivity contribution is 0.0785. The average Bonchev–Trinajstić information content (AvgIpc) is 2.82. The van der Waals surface area contributed by atoms with Crippen LogP contribution in [0.3, 0.4) is 0 Å². The van der Waals surface area contributed by atoms with Crippen LogP contribution in [0, 0.1) is 0 Å². The van der Waals surface area contributed by atoms with E-state index in [0.29, 0.717) is 12.1 Å². The third-order valence-corrected chi connectivity index (χ3v) is 2.76. The average molecular weight is 247 g/mol. The molecule has 0 saturated carbocycles. The summed E-state index contributed by atoms with van der Waals surface area (Å²) in [5, 5.41) is 0. The Balaban J connectivity index is 2.07. The minimum atomic E-state index is -0.0143. The van der Waals surface area contributed by atoms with E-state index in [2.05, 4.69) is 12.6 Å². The van der Waals surface area contributed by atoms with Crippen LogP contribution < -0.4 is 0 Å². The number of hydrogen-bond donors (Lipinski definition) is 1. The monoisotopic (exact) mass is 247 g/mol. The number of amides is 1. The lowest BCUT2D eigenvalue weighted by Crippen LogP contribution is -2.25. The lowest BCUT2D eigenvalue weighted by Gasteiger charge is -2.16. The number of hydrogen-bond acceptors (Lipinski definition) is 3. The zero-order chi connectivity index (χ0) is 12.3. The van der Waals surface area contributed by atoms with E-state index >= 15 is 0 Å². The molecular weight excluding hydrogens is 234 g/mol. The second kappa shape index (κ2) is 5.10. The van der Waals surface area contributed by atoms with Gasteiger partial charge in [-0.15, -0.1) is 12.6 Å². The Bertz CT molecular complexity index is 491. The topological polar surface area (TPSA) is 33.5 Å². The summed E-state index contributed by atoms with van der Waals surface area (Å²) in [6, 6.07) is 9.01. The normalized spacial score (nSPS) is 10.2. The Labute approximate surface area is 105 Å². The first-order valence-corrected chi connectivity index (χ1v) is 5.67. The number of carbonyl (C=O) groups is 1. The molecule has 17 heavy (non-hydrogen) atoms. The van der Waals surface area contributed by atoms with Crippen molar-refractivity contribution in [3.63, 3.8) is 0 Å². The predicted molar refractivity (Wildman–Crippen MR) is 68.2 cm³/mol. The summed E-state index contributed by atoms with van der Waals surface area (Å²) in [5.41, 5.74) is 1.64. The number of nitrogens with zero attached hydrogens (tertiary/aromatic N) is 1. The molecule has 4 heteroatoms. The number of rotatable bonds is 3. The van der Waals surface area contributed by atoms with Crippen LogP contribution in [0.1, 0.15) is 15.9 Å². The van der Waals surface area contributed by atoms with Crippen molar-refractivity contribution in [2.24, 2.45) is 0 Å². The summed E-state index contributed by atoms with van der Waals surface area (Å²) in [6.07, 6.45) is 3.24. The maximum atomic E-state index is 12.1. The molecule has 0 spiro atoms. The fraction of sp³-hybridized carbons (Fsp3) is 0.154. The molecule has 0 bridgehead atoms. The molecule has 0 N–H and O–H groups in total. The molecule has 88 valence electrons. The Morgan fingerprint density at radius 1 is 1.29 bits per heavy atom. The highest BCUT2D eigenvalue weighted by Gasteiger charge is 2.11. The largest absolute Gasteiger partial charge is 0.472 e. The first-order valence-electron chi connectivity index (χ1n) is 5.22. The van der Waals surface area contributed by atoms with E-state index in [-0.39, 0.29) is 5.91 Å². The van der Waals surface area contributed by atoms with Crippen molar-refractivity contribution in [3.8, 4) is 0 Å². The number of furan rings is 1. The van der Waals surface area contributed by atoms with Crippen LogP contribution in [0.25, 0.3) is 0 Å². The molecule has 0 atom stereocenters. The molecule has 2 rings (SSSR count). The Hall–Kier alpha value is -1.68.